The number of carbonyl (C=O) groups excluding carboxylic acids is 2. The highest BCUT2D eigenvalue weighted by Gasteiger charge is 2.15. The van der Waals surface area contributed by atoms with Gasteiger partial charge in [-0.15, -0.1) is 0 Å². The number of hydrogen-bond donors (Lipinski definition) is 2. The Hall–Kier alpha value is -3.36. The molecule has 0 atom stereocenters. The number of carbonyl (C=O) groups is 2. The minimum absolute atomic E-state index is 0.0191. The fourth-order valence-corrected chi connectivity index (χ4v) is 3.84. The van der Waals surface area contributed by atoms with Crippen LogP contribution in [-0.4, -0.2) is 20.1 Å². The van der Waals surface area contributed by atoms with Crippen molar-refractivity contribution in [1.82, 2.24) is 4.72 Å². The number of hydrogen-bond acceptors (Lipinski definition) is 4. The van der Waals surface area contributed by atoms with Crippen LogP contribution >= 0.6 is 0 Å². The second-order valence-electron chi connectivity index (χ2n) is 7.04. The number of Topliss-reactive ketones (excluding diaryl/α,β-unsaturated/α-hetero) is 1. The molecule has 0 aliphatic carbocycles. The maximum atomic E-state index is 13.9. The molecular weight excluding hydrogens is 419 g/mol. The molecule has 0 saturated heterocycles. The summed E-state index contributed by atoms with van der Waals surface area (Å²) in [4.78, 5) is 23.7. The highest BCUT2D eigenvalue weighted by atomic mass is 32.2. The summed E-state index contributed by atoms with van der Waals surface area (Å²) < 4.78 is 41.2. The third kappa shape index (κ3) is 5.62. The van der Waals surface area contributed by atoms with Crippen LogP contribution in [0.4, 0.5) is 10.1 Å². The molecule has 6 nitrogen and oxygen atoms in total. The van der Waals surface area contributed by atoms with E-state index in [4.69, 9.17) is 0 Å². The molecule has 3 aromatic rings. The lowest BCUT2D eigenvalue weighted by Crippen LogP contribution is -2.23. The van der Waals surface area contributed by atoms with Crippen molar-refractivity contribution in [3.8, 4) is 0 Å². The zero-order valence-electron chi connectivity index (χ0n) is 17.0. The predicted octanol–water partition coefficient (Wildman–Crippen LogP) is 4.07. The summed E-state index contributed by atoms with van der Waals surface area (Å²) in [6.45, 7) is 3.18. The van der Waals surface area contributed by atoms with E-state index in [0.29, 0.717) is 16.7 Å². The Kier molecular flexibility index (Phi) is 6.62. The zero-order valence-corrected chi connectivity index (χ0v) is 17.8. The monoisotopic (exact) mass is 440 g/mol. The standard InChI is InChI=1S/C23H21FN2O4S/c1-15-3-12-22(21(24)13-15)26-23(28)19-6-4-17(5-7-19)14-25-31(29,30)20-10-8-18(9-11-20)16(2)27/h3-13,25H,14H2,1-2H3,(H,26,28). The third-order valence-electron chi connectivity index (χ3n) is 4.63. The number of rotatable bonds is 7. The first kappa shape index (κ1) is 22.3. The first-order chi connectivity index (χ1) is 14.7. The Morgan fingerprint density at radius 3 is 2.10 bits per heavy atom. The number of amides is 1. The van der Waals surface area contributed by atoms with Crippen molar-refractivity contribution in [2.24, 2.45) is 0 Å². The first-order valence-electron chi connectivity index (χ1n) is 9.43. The maximum absolute atomic E-state index is 13.9. The van der Waals surface area contributed by atoms with Gasteiger partial charge in [0.15, 0.2) is 5.78 Å². The minimum Gasteiger partial charge on any atom is -0.319 e. The quantitative estimate of drug-likeness (QED) is 0.542. The molecular formula is C23H21FN2O4S. The Morgan fingerprint density at radius 1 is 0.903 bits per heavy atom. The van der Waals surface area contributed by atoms with E-state index in [1.165, 1.54) is 55.5 Å². The van der Waals surface area contributed by atoms with E-state index < -0.39 is 21.7 Å². The lowest BCUT2D eigenvalue weighted by atomic mass is 10.1. The van der Waals surface area contributed by atoms with Crippen molar-refractivity contribution < 1.29 is 22.4 Å². The van der Waals surface area contributed by atoms with Crippen LogP contribution in [0.2, 0.25) is 0 Å². The fourth-order valence-electron chi connectivity index (χ4n) is 2.82. The van der Waals surface area contributed by atoms with Crippen molar-refractivity contribution in [2.75, 3.05) is 5.32 Å². The van der Waals surface area contributed by atoms with Gasteiger partial charge in [-0.25, -0.2) is 17.5 Å². The summed E-state index contributed by atoms with van der Waals surface area (Å²) in [7, 11) is -3.76. The molecule has 3 rings (SSSR count). The molecule has 0 heterocycles. The Labute approximate surface area is 180 Å². The molecule has 0 bridgehead atoms. The predicted molar refractivity (Wildman–Crippen MR) is 116 cm³/mol. The van der Waals surface area contributed by atoms with Gasteiger partial charge >= 0.3 is 0 Å². The van der Waals surface area contributed by atoms with E-state index in [0.717, 1.165) is 5.56 Å². The molecule has 0 unspecified atom stereocenters. The normalized spacial score (nSPS) is 11.2. The van der Waals surface area contributed by atoms with Crippen molar-refractivity contribution in [1.29, 1.82) is 0 Å². The summed E-state index contributed by atoms with van der Waals surface area (Å²) >= 11 is 0. The van der Waals surface area contributed by atoms with Gasteiger partial charge in [-0.3, -0.25) is 9.59 Å². The summed E-state index contributed by atoms with van der Waals surface area (Å²) in [6, 6.07) is 16.5. The number of aryl methyl sites for hydroxylation is 1. The number of halogens is 1. The second kappa shape index (κ2) is 9.20. The van der Waals surface area contributed by atoms with E-state index in [-0.39, 0.29) is 22.9 Å². The van der Waals surface area contributed by atoms with Gasteiger partial charge in [0.1, 0.15) is 5.82 Å². The molecule has 2 N–H and O–H groups in total. The summed E-state index contributed by atoms with van der Waals surface area (Å²) in [5, 5.41) is 2.51. The van der Waals surface area contributed by atoms with Crippen molar-refractivity contribution >= 4 is 27.4 Å². The zero-order chi connectivity index (χ0) is 22.6. The molecule has 0 aliphatic heterocycles. The third-order valence-corrected chi connectivity index (χ3v) is 6.04. The number of ketones is 1. The molecule has 0 radical (unpaired) electrons. The van der Waals surface area contributed by atoms with Crippen LogP contribution in [0.3, 0.4) is 0 Å². The minimum atomic E-state index is -3.76. The van der Waals surface area contributed by atoms with Gasteiger partial charge < -0.3 is 5.32 Å². The highest BCUT2D eigenvalue weighted by Crippen LogP contribution is 2.17. The molecule has 160 valence electrons. The number of anilines is 1. The fraction of sp³-hybridized carbons (Fsp3) is 0.130. The van der Waals surface area contributed by atoms with Crippen LogP contribution in [0.25, 0.3) is 0 Å². The van der Waals surface area contributed by atoms with Gasteiger partial charge in [0, 0.05) is 17.7 Å². The average Bonchev–Trinajstić information content (AvgIpc) is 2.74. The van der Waals surface area contributed by atoms with Crippen molar-refractivity contribution in [3.63, 3.8) is 0 Å². The van der Waals surface area contributed by atoms with E-state index in [2.05, 4.69) is 10.0 Å². The molecule has 0 aliphatic rings. The van der Waals surface area contributed by atoms with Gasteiger partial charge in [-0.1, -0.05) is 30.3 Å². The van der Waals surface area contributed by atoms with Crippen molar-refractivity contribution in [3.05, 3.63) is 94.8 Å². The van der Waals surface area contributed by atoms with Gasteiger partial charge in [0.05, 0.1) is 10.6 Å². The maximum Gasteiger partial charge on any atom is 0.255 e. The van der Waals surface area contributed by atoms with Crippen LogP contribution < -0.4 is 10.0 Å². The Bertz CT molecular complexity index is 1220. The van der Waals surface area contributed by atoms with Gasteiger partial charge in [0.2, 0.25) is 10.0 Å². The van der Waals surface area contributed by atoms with Crippen molar-refractivity contribution in [2.45, 2.75) is 25.3 Å². The van der Waals surface area contributed by atoms with Gasteiger partial charge in [-0.05, 0) is 61.4 Å². The Morgan fingerprint density at radius 2 is 1.52 bits per heavy atom. The summed E-state index contributed by atoms with van der Waals surface area (Å²) in [6.07, 6.45) is 0. The van der Waals surface area contributed by atoms with Crippen LogP contribution in [-0.2, 0) is 16.6 Å². The number of benzene rings is 3. The van der Waals surface area contributed by atoms with Crippen LogP contribution in [0, 0.1) is 12.7 Å². The van der Waals surface area contributed by atoms with Crippen LogP contribution in [0.15, 0.2) is 71.6 Å². The van der Waals surface area contributed by atoms with E-state index >= 15 is 0 Å². The molecule has 31 heavy (non-hydrogen) atoms. The smallest absolute Gasteiger partial charge is 0.255 e. The van der Waals surface area contributed by atoms with E-state index in [9.17, 15) is 22.4 Å². The van der Waals surface area contributed by atoms with Crippen LogP contribution in [0.1, 0.15) is 38.8 Å². The average molecular weight is 440 g/mol. The lowest BCUT2D eigenvalue weighted by Gasteiger charge is -2.09. The molecule has 8 heteroatoms. The molecule has 0 spiro atoms. The molecule has 3 aromatic carbocycles. The molecule has 1 amide bonds. The summed E-state index contributed by atoms with van der Waals surface area (Å²) in [5.41, 5.74) is 2.21. The van der Waals surface area contributed by atoms with E-state index in [1.54, 1.807) is 25.1 Å². The highest BCUT2D eigenvalue weighted by molar-refractivity contribution is 7.89. The van der Waals surface area contributed by atoms with Crippen LogP contribution in [0.5, 0.6) is 0 Å². The van der Waals surface area contributed by atoms with Gasteiger partial charge in [0.25, 0.3) is 5.91 Å². The Balaban J connectivity index is 1.63. The first-order valence-corrected chi connectivity index (χ1v) is 10.9. The largest absolute Gasteiger partial charge is 0.319 e. The molecule has 0 aromatic heterocycles. The molecule has 0 saturated carbocycles. The molecule has 0 fully saturated rings. The van der Waals surface area contributed by atoms with Gasteiger partial charge in [-0.2, -0.15) is 0 Å². The number of sulfonamides is 1. The second-order valence-corrected chi connectivity index (χ2v) is 8.81. The topological polar surface area (TPSA) is 92.3 Å². The summed E-state index contributed by atoms with van der Waals surface area (Å²) in [5.74, 6) is -1.14. The van der Waals surface area contributed by atoms with E-state index in [1.807, 2.05) is 0 Å². The SMILES string of the molecule is CC(=O)c1ccc(S(=O)(=O)NCc2ccc(C(=O)Nc3ccc(C)cc3F)cc2)cc1. The number of nitrogens with one attached hydrogen (secondary N) is 2. The lowest BCUT2D eigenvalue weighted by molar-refractivity contribution is 0.101.